The molecule has 3 amide bonds. The van der Waals surface area contributed by atoms with Crippen LogP contribution < -0.4 is 21.7 Å². The average molecular weight is 430 g/mol. The summed E-state index contributed by atoms with van der Waals surface area (Å²) in [4.78, 5) is 37.2. The molecule has 10 nitrogen and oxygen atoms in total. The number of amides is 3. The second-order valence-corrected chi connectivity index (χ2v) is 8.62. The van der Waals surface area contributed by atoms with Crippen LogP contribution in [-0.2, 0) is 19.0 Å². The van der Waals surface area contributed by atoms with E-state index in [2.05, 4.69) is 16.0 Å². The fourth-order valence-electron chi connectivity index (χ4n) is 2.59. The lowest BCUT2D eigenvalue weighted by Gasteiger charge is -2.27. The highest BCUT2D eigenvalue weighted by Gasteiger charge is 2.32. The van der Waals surface area contributed by atoms with E-state index in [1.165, 1.54) is 14.0 Å². The Morgan fingerprint density at radius 1 is 1.03 bits per heavy atom. The van der Waals surface area contributed by atoms with Crippen LogP contribution in [0.2, 0.25) is 0 Å². The number of hydrogen-bond donors (Lipinski definition) is 5. The molecule has 3 unspecified atom stereocenters. The number of ether oxygens (including phenoxy) is 1. The van der Waals surface area contributed by atoms with Gasteiger partial charge in [0.15, 0.2) is 0 Å². The summed E-state index contributed by atoms with van der Waals surface area (Å²) >= 11 is 0. The van der Waals surface area contributed by atoms with Crippen LogP contribution in [0.1, 0.15) is 60.8 Å². The van der Waals surface area contributed by atoms with Crippen molar-refractivity contribution in [1.82, 2.24) is 16.0 Å². The third kappa shape index (κ3) is 11.4. The molecule has 6 N–H and O–H groups in total. The van der Waals surface area contributed by atoms with Crippen molar-refractivity contribution in [2.45, 2.75) is 84.4 Å². The first-order chi connectivity index (χ1) is 13.8. The lowest BCUT2D eigenvalue weighted by Crippen LogP contribution is -2.58. The number of carbonyl (C=O) groups excluding carboxylic acids is 3. The Balaban J connectivity index is 5.01. The minimum atomic E-state index is -1.18. The third-order valence-electron chi connectivity index (χ3n) is 4.26. The fourth-order valence-corrected chi connectivity index (χ4v) is 2.59. The predicted molar refractivity (Wildman–Crippen MR) is 115 cm³/mol. The van der Waals surface area contributed by atoms with Gasteiger partial charge in [-0.15, -0.1) is 0 Å². The first-order valence-corrected chi connectivity index (χ1v) is 10.3. The summed E-state index contributed by atoms with van der Waals surface area (Å²) in [6, 6.07) is -1.76. The van der Waals surface area contributed by atoms with Crippen LogP contribution in [-0.4, -0.2) is 67.3 Å². The van der Waals surface area contributed by atoms with E-state index < -0.39 is 48.7 Å². The summed E-state index contributed by atoms with van der Waals surface area (Å²) in [6.07, 6.45) is 1.21. The van der Waals surface area contributed by atoms with E-state index >= 15 is 0 Å². The van der Waals surface area contributed by atoms with Gasteiger partial charge in [0.05, 0.1) is 5.94 Å². The van der Waals surface area contributed by atoms with Gasteiger partial charge in [0.2, 0.25) is 11.8 Å². The molecular formula is C19H39BN4O6. The zero-order chi connectivity index (χ0) is 23.5. The number of rotatable bonds is 12. The average Bonchev–Trinajstić information content (AvgIpc) is 2.62. The van der Waals surface area contributed by atoms with Crippen molar-refractivity contribution in [2.75, 3.05) is 13.7 Å². The van der Waals surface area contributed by atoms with Crippen LogP contribution >= 0.6 is 0 Å². The largest absolute Gasteiger partial charge is 0.477 e. The second-order valence-electron chi connectivity index (χ2n) is 8.62. The van der Waals surface area contributed by atoms with Crippen molar-refractivity contribution in [3.05, 3.63) is 0 Å². The smallest absolute Gasteiger partial charge is 0.444 e. The lowest BCUT2D eigenvalue weighted by atomic mass is 9.75. The monoisotopic (exact) mass is 430 g/mol. The summed E-state index contributed by atoms with van der Waals surface area (Å²) in [5.41, 5.74) is 4.80. The van der Waals surface area contributed by atoms with Crippen LogP contribution in [0.3, 0.4) is 0 Å². The van der Waals surface area contributed by atoms with Gasteiger partial charge in [-0.3, -0.25) is 9.59 Å². The molecule has 0 aromatic heterocycles. The number of alkyl carbamates (subject to hydrolysis) is 1. The Hall–Kier alpha value is -1.85. The maximum Gasteiger partial charge on any atom is 0.477 e. The van der Waals surface area contributed by atoms with Crippen LogP contribution in [0.5, 0.6) is 0 Å². The molecule has 11 heteroatoms. The molecule has 0 spiro atoms. The van der Waals surface area contributed by atoms with Crippen molar-refractivity contribution in [1.29, 1.82) is 0 Å². The van der Waals surface area contributed by atoms with E-state index in [0.29, 0.717) is 19.4 Å². The molecule has 0 radical (unpaired) electrons. The first kappa shape index (κ1) is 28.2. The molecule has 0 aliphatic heterocycles. The second kappa shape index (κ2) is 13.5. The zero-order valence-corrected chi connectivity index (χ0v) is 19.3. The van der Waals surface area contributed by atoms with Crippen molar-refractivity contribution < 1.29 is 28.8 Å². The van der Waals surface area contributed by atoms with Crippen molar-refractivity contribution >= 4 is 25.0 Å². The number of nitrogens with two attached hydrogens (primary N) is 1. The number of nitrogens with one attached hydrogen (secondary N) is 3. The predicted octanol–water partition coefficient (Wildman–Crippen LogP) is 0.320. The molecular weight excluding hydrogens is 391 g/mol. The Bertz CT molecular complexity index is 556. The Morgan fingerprint density at radius 2 is 1.63 bits per heavy atom. The van der Waals surface area contributed by atoms with E-state index in [0.717, 1.165) is 6.42 Å². The SMILES string of the molecule is COB(O)C(CCCCN)NC(=O)C(NC(=O)C(C)NC(=O)OC(C)(C)C)C(C)C. The van der Waals surface area contributed by atoms with E-state index in [1.807, 2.05) is 0 Å². The summed E-state index contributed by atoms with van der Waals surface area (Å²) in [7, 11) is 0.168. The highest BCUT2D eigenvalue weighted by Crippen LogP contribution is 2.09. The molecule has 0 fully saturated rings. The first-order valence-electron chi connectivity index (χ1n) is 10.3. The Morgan fingerprint density at radius 3 is 2.10 bits per heavy atom. The molecule has 0 aliphatic carbocycles. The summed E-state index contributed by atoms with van der Waals surface area (Å²) in [5.74, 6) is -1.84. The summed E-state index contributed by atoms with van der Waals surface area (Å²) in [6.45, 7) is 10.7. The molecule has 0 rings (SSSR count). The molecule has 0 aliphatic rings. The highest BCUT2D eigenvalue weighted by molar-refractivity contribution is 6.45. The minimum absolute atomic E-state index is 0.230. The molecule has 0 saturated heterocycles. The van der Waals surface area contributed by atoms with Gasteiger partial charge < -0.3 is 36.1 Å². The van der Waals surface area contributed by atoms with E-state index in [-0.39, 0.29) is 5.92 Å². The van der Waals surface area contributed by atoms with Crippen molar-refractivity contribution in [3.63, 3.8) is 0 Å². The number of hydrogen-bond acceptors (Lipinski definition) is 7. The van der Waals surface area contributed by atoms with Gasteiger partial charge in [0, 0.05) is 7.11 Å². The Kier molecular flexibility index (Phi) is 12.6. The topological polar surface area (TPSA) is 152 Å². The quantitative estimate of drug-likeness (QED) is 0.221. The standard InChI is InChI=1S/C19H39BN4O6/c1-12(2)15(17(26)23-14(20(28)29-7)10-8-9-11-21)24-16(25)13(3)22-18(27)30-19(4,5)6/h12-15,28H,8-11,21H2,1-7H3,(H,22,27)(H,23,26)(H,24,25). The van der Waals surface area contributed by atoms with Gasteiger partial charge in [-0.2, -0.15) is 0 Å². The summed E-state index contributed by atoms with van der Waals surface area (Å²) in [5, 5.41) is 17.9. The molecule has 0 saturated carbocycles. The third-order valence-corrected chi connectivity index (χ3v) is 4.26. The molecule has 0 heterocycles. The normalized spacial score (nSPS) is 14.5. The van der Waals surface area contributed by atoms with Crippen LogP contribution in [0.15, 0.2) is 0 Å². The minimum Gasteiger partial charge on any atom is -0.444 e. The molecule has 0 aromatic rings. The van der Waals surface area contributed by atoms with Crippen LogP contribution in [0.25, 0.3) is 0 Å². The van der Waals surface area contributed by atoms with Crippen molar-refractivity contribution in [2.24, 2.45) is 11.7 Å². The van der Waals surface area contributed by atoms with E-state index in [4.69, 9.17) is 15.1 Å². The van der Waals surface area contributed by atoms with Gasteiger partial charge in [-0.05, 0) is 53.0 Å². The maximum absolute atomic E-state index is 12.8. The van der Waals surface area contributed by atoms with Crippen molar-refractivity contribution in [3.8, 4) is 0 Å². The van der Waals surface area contributed by atoms with Gasteiger partial charge in [0.1, 0.15) is 17.7 Å². The molecule has 0 aromatic carbocycles. The van der Waals surface area contributed by atoms with Crippen LogP contribution in [0.4, 0.5) is 4.79 Å². The van der Waals surface area contributed by atoms with Gasteiger partial charge in [-0.25, -0.2) is 4.79 Å². The Labute approximate surface area is 180 Å². The van der Waals surface area contributed by atoms with E-state index in [1.54, 1.807) is 34.6 Å². The van der Waals surface area contributed by atoms with Gasteiger partial charge in [0.25, 0.3) is 0 Å². The molecule has 174 valence electrons. The maximum atomic E-state index is 12.8. The number of carbonyl (C=O) groups is 3. The van der Waals surface area contributed by atoms with Gasteiger partial charge >= 0.3 is 13.2 Å². The van der Waals surface area contributed by atoms with Gasteiger partial charge in [-0.1, -0.05) is 20.3 Å². The lowest BCUT2D eigenvalue weighted by molar-refractivity contribution is -0.131. The fraction of sp³-hybridized carbons (Fsp3) is 0.842. The number of unbranched alkanes of at least 4 members (excludes halogenated alkanes) is 1. The molecule has 0 bridgehead atoms. The van der Waals surface area contributed by atoms with E-state index in [9.17, 15) is 19.4 Å². The van der Waals surface area contributed by atoms with Crippen LogP contribution in [0, 0.1) is 5.92 Å². The summed E-state index contributed by atoms with van der Waals surface area (Å²) < 4.78 is 10.1. The molecule has 3 atom stereocenters. The molecule has 30 heavy (non-hydrogen) atoms. The zero-order valence-electron chi connectivity index (χ0n) is 19.3. The highest BCUT2D eigenvalue weighted by atomic mass is 16.6.